The number of benzene rings is 1. The molecule has 3 rings (SSSR count). The highest BCUT2D eigenvalue weighted by Gasteiger charge is 2.24. The number of hydrogen-bond acceptors (Lipinski definition) is 6. The van der Waals surface area contributed by atoms with Crippen molar-refractivity contribution in [1.29, 1.82) is 0 Å². The molecule has 1 amide bonds. The lowest BCUT2D eigenvalue weighted by atomic mass is 10.2. The molecule has 126 valence electrons. The molecular weight excluding hydrogens is 322 g/mol. The van der Waals surface area contributed by atoms with E-state index < -0.39 is 11.5 Å². The molecule has 0 aliphatic carbocycles. The van der Waals surface area contributed by atoms with E-state index in [1.165, 1.54) is 13.3 Å². The molecule has 8 heteroatoms. The van der Waals surface area contributed by atoms with Gasteiger partial charge in [0.2, 0.25) is 0 Å². The maximum Gasteiger partial charge on any atom is 0.289 e. The summed E-state index contributed by atoms with van der Waals surface area (Å²) in [6, 6.07) is 12.1. The number of nitrogens with zero attached hydrogens (tertiary/aromatic N) is 4. The van der Waals surface area contributed by atoms with Crippen molar-refractivity contribution in [3.05, 3.63) is 70.3 Å². The van der Waals surface area contributed by atoms with E-state index in [1.54, 1.807) is 43.3 Å². The van der Waals surface area contributed by atoms with E-state index in [-0.39, 0.29) is 17.1 Å². The molecule has 8 nitrogen and oxygen atoms in total. The summed E-state index contributed by atoms with van der Waals surface area (Å²) in [5, 5.41) is 8.70. The van der Waals surface area contributed by atoms with E-state index >= 15 is 0 Å². The Balaban J connectivity index is 2.03. The van der Waals surface area contributed by atoms with E-state index in [1.807, 2.05) is 6.07 Å². The summed E-state index contributed by atoms with van der Waals surface area (Å²) in [4.78, 5) is 37.3. The maximum atomic E-state index is 12.8. The molecule has 0 atom stereocenters. The Bertz CT molecular complexity index is 942. The molecule has 3 aromatic rings. The molecule has 0 bridgehead atoms. The molecular formula is C17H15N5O3. The Hall–Kier alpha value is -3.39. The summed E-state index contributed by atoms with van der Waals surface area (Å²) in [5.74, 6) is -0.360. The summed E-state index contributed by atoms with van der Waals surface area (Å²) in [6.45, 7) is 1.58. The number of para-hydroxylation sites is 1. The topological polar surface area (TPSA) is 101 Å². The highest BCUT2D eigenvalue weighted by Crippen LogP contribution is 2.17. The van der Waals surface area contributed by atoms with Crippen LogP contribution in [0.25, 0.3) is 11.5 Å². The molecule has 0 aliphatic heterocycles. The largest absolute Gasteiger partial charge is 0.304 e. The zero-order valence-corrected chi connectivity index (χ0v) is 13.6. The van der Waals surface area contributed by atoms with Crippen LogP contribution in [0.2, 0.25) is 0 Å². The molecule has 1 aromatic carbocycles. The minimum Gasteiger partial charge on any atom is -0.304 e. The van der Waals surface area contributed by atoms with Crippen molar-refractivity contribution < 1.29 is 9.63 Å². The van der Waals surface area contributed by atoms with Crippen LogP contribution in [-0.2, 0) is 4.84 Å². The second-order valence-corrected chi connectivity index (χ2v) is 5.10. The predicted octanol–water partition coefficient (Wildman–Crippen LogP) is 1.74. The van der Waals surface area contributed by atoms with E-state index in [2.05, 4.69) is 20.2 Å². The van der Waals surface area contributed by atoms with Crippen molar-refractivity contribution in [2.24, 2.45) is 0 Å². The van der Waals surface area contributed by atoms with Crippen molar-refractivity contribution in [2.75, 3.05) is 12.2 Å². The normalized spacial score (nSPS) is 10.5. The first-order chi connectivity index (χ1) is 12.1. The first-order valence-electron chi connectivity index (χ1n) is 7.44. The van der Waals surface area contributed by atoms with E-state index in [0.29, 0.717) is 11.4 Å². The van der Waals surface area contributed by atoms with Crippen molar-refractivity contribution >= 4 is 11.6 Å². The molecule has 2 heterocycles. The molecule has 0 fully saturated rings. The van der Waals surface area contributed by atoms with Crippen molar-refractivity contribution in [2.45, 2.75) is 6.92 Å². The van der Waals surface area contributed by atoms with Crippen LogP contribution in [0.1, 0.15) is 16.1 Å². The summed E-state index contributed by atoms with van der Waals surface area (Å²) >= 11 is 0. The molecule has 0 unspecified atom stereocenters. The lowest BCUT2D eigenvalue weighted by Crippen LogP contribution is -2.35. The van der Waals surface area contributed by atoms with E-state index in [0.717, 1.165) is 5.06 Å². The van der Waals surface area contributed by atoms with Gasteiger partial charge in [-0.3, -0.25) is 14.4 Å². The molecule has 2 aromatic heterocycles. The number of hydrogen-bond donors (Lipinski definition) is 1. The third-order valence-electron chi connectivity index (χ3n) is 3.49. The zero-order valence-electron chi connectivity index (χ0n) is 13.6. The third kappa shape index (κ3) is 3.29. The van der Waals surface area contributed by atoms with Gasteiger partial charge in [0.15, 0.2) is 5.82 Å². The standard InChI is InChI=1S/C17H15N5O3/c1-11-14(17(24)22(25-2)12-7-4-3-5-8-12)16(23)20-15(19-11)13-9-6-10-18-21-13/h3-10H,1-2H3,(H,19,20,23). The van der Waals surface area contributed by atoms with Gasteiger partial charge in [0.25, 0.3) is 11.5 Å². The maximum absolute atomic E-state index is 12.8. The van der Waals surface area contributed by atoms with Gasteiger partial charge >= 0.3 is 0 Å². The Kier molecular flexibility index (Phi) is 4.62. The smallest absolute Gasteiger partial charge is 0.289 e. The number of carbonyl (C=O) groups is 1. The Morgan fingerprint density at radius 2 is 1.92 bits per heavy atom. The van der Waals surface area contributed by atoms with Crippen LogP contribution in [0.15, 0.2) is 53.5 Å². The average molecular weight is 337 g/mol. The Morgan fingerprint density at radius 3 is 2.52 bits per heavy atom. The predicted molar refractivity (Wildman–Crippen MR) is 90.9 cm³/mol. The molecule has 0 saturated carbocycles. The van der Waals surface area contributed by atoms with Crippen LogP contribution in [-0.4, -0.2) is 33.2 Å². The van der Waals surface area contributed by atoms with Gasteiger partial charge in [-0.15, -0.1) is 5.10 Å². The van der Waals surface area contributed by atoms with Gasteiger partial charge in [-0.2, -0.15) is 10.2 Å². The summed E-state index contributed by atoms with van der Waals surface area (Å²) in [5.41, 5.74) is 0.516. The SMILES string of the molecule is CON(C(=O)c1c(C)nc(-c2cccnn2)[nH]c1=O)c1ccccc1. The lowest BCUT2D eigenvalue weighted by Gasteiger charge is -2.19. The third-order valence-corrected chi connectivity index (χ3v) is 3.49. The van der Waals surface area contributed by atoms with Gasteiger partial charge in [-0.25, -0.2) is 4.98 Å². The van der Waals surface area contributed by atoms with E-state index in [9.17, 15) is 9.59 Å². The summed E-state index contributed by atoms with van der Waals surface area (Å²) in [6.07, 6.45) is 1.52. The molecule has 25 heavy (non-hydrogen) atoms. The fourth-order valence-corrected chi connectivity index (χ4v) is 2.36. The van der Waals surface area contributed by atoms with Crippen LogP contribution in [0.3, 0.4) is 0 Å². The highest BCUT2D eigenvalue weighted by atomic mass is 16.7. The van der Waals surface area contributed by atoms with Gasteiger partial charge in [0.1, 0.15) is 11.3 Å². The molecule has 0 saturated heterocycles. The van der Waals surface area contributed by atoms with Gasteiger partial charge in [-0.1, -0.05) is 18.2 Å². The van der Waals surface area contributed by atoms with Crippen LogP contribution >= 0.6 is 0 Å². The van der Waals surface area contributed by atoms with Gasteiger partial charge in [-0.05, 0) is 31.2 Å². The number of carbonyl (C=O) groups excluding carboxylic acids is 1. The fourth-order valence-electron chi connectivity index (χ4n) is 2.36. The number of amides is 1. The van der Waals surface area contributed by atoms with Crippen LogP contribution in [0.5, 0.6) is 0 Å². The van der Waals surface area contributed by atoms with Crippen molar-refractivity contribution in [1.82, 2.24) is 20.2 Å². The Morgan fingerprint density at radius 1 is 1.16 bits per heavy atom. The number of hydroxylamine groups is 1. The molecule has 0 aliphatic rings. The fraction of sp³-hybridized carbons (Fsp3) is 0.118. The van der Waals surface area contributed by atoms with Gasteiger partial charge in [0.05, 0.1) is 18.5 Å². The second kappa shape index (κ2) is 7.02. The first-order valence-corrected chi connectivity index (χ1v) is 7.44. The number of anilines is 1. The highest BCUT2D eigenvalue weighted by molar-refractivity contribution is 6.05. The number of aryl methyl sites for hydroxylation is 1. The first kappa shape index (κ1) is 16.5. The number of aromatic nitrogens is 4. The van der Waals surface area contributed by atoms with Crippen LogP contribution in [0.4, 0.5) is 5.69 Å². The number of H-pyrrole nitrogens is 1. The molecule has 0 spiro atoms. The summed E-state index contributed by atoms with van der Waals surface area (Å²) in [7, 11) is 1.36. The zero-order chi connectivity index (χ0) is 17.8. The minimum atomic E-state index is -0.606. The quantitative estimate of drug-likeness (QED) is 0.728. The van der Waals surface area contributed by atoms with Crippen molar-refractivity contribution in [3.8, 4) is 11.5 Å². The second-order valence-electron chi connectivity index (χ2n) is 5.10. The number of nitrogens with one attached hydrogen (secondary N) is 1. The number of rotatable bonds is 4. The summed E-state index contributed by atoms with van der Waals surface area (Å²) < 4.78 is 0. The van der Waals surface area contributed by atoms with Crippen LogP contribution < -0.4 is 10.6 Å². The van der Waals surface area contributed by atoms with Crippen molar-refractivity contribution in [3.63, 3.8) is 0 Å². The van der Waals surface area contributed by atoms with Crippen LogP contribution in [0, 0.1) is 6.92 Å². The lowest BCUT2D eigenvalue weighted by molar-refractivity contribution is 0.0770. The van der Waals surface area contributed by atoms with Gasteiger partial charge < -0.3 is 4.98 Å². The Labute approximate surface area is 143 Å². The van der Waals surface area contributed by atoms with E-state index in [4.69, 9.17) is 4.84 Å². The average Bonchev–Trinajstić information content (AvgIpc) is 2.63. The monoisotopic (exact) mass is 337 g/mol. The molecule has 1 N–H and O–H groups in total. The molecule has 0 radical (unpaired) electrons. The minimum absolute atomic E-state index is 0.0988. The van der Waals surface area contributed by atoms with Gasteiger partial charge in [0, 0.05) is 6.20 Å². The number of aromatic amines is 1.